The van der Waals surface area contributed by atoms with Gasteiger partial charge in [-0.05, 0) is 48.8 Å². The van der Waals surface area contributed by atoms with E-state index in [0.717, 1.165) is 31.2 Å². The lowest BCUT2D eigenvalue weighted by molar-refractivity contribution is -0.124. The summed E-state index contributed by atoms with van der Waals surface area (Å²) in [5, 5.41) is 1.09. The first-order chi connectivity index (χ1) is 12.5. The van der Waals surface area contributed by atoms with Gasteiger partial charge in [0.1, 0.15) is 18.1 Å². The normalized spacial score (nSPS) is 20.2. The van der Waals surface area contributed by atoms with Crippen LogP contribution in [0.3, 0.4) is 0 Å². The number of rotatable bonds is 5. The first-order valence-corrected chi connectivity index (χ1v) is 9.67. The molecule has 4 nitrogen and oxygen atoms in total. The summed E-state index contributed by atoms with van der Waals surface area (Å²) in [5.41, 5.74) is 1.42. The van der Waals surface area contributed by atoms with E-state index in [-0.39, 0.29) is 11.9 Å². The summed E-state index contributed by atoms with van der Waals surface area (Å²) in [5.74, 6) is 0.576. The number of ether oxygens (including phenoxy) is 1. The Balaban J connectivity index is 1.83. The topological polar surface area (TPSA) is 32.8 Å². The number of carbonyl (C=O) groups is 1. The second-order valence-electron chi connectivity index (χ2n) is 6.63. The Morgan fingerprint density at radius 3 is 2.73 bits per heavy atom. The second kappa shape index (κ2) is 8.23. The highest BCUT2D eigenvalue weighted by Gasteiger charge is 2.40. The number of carbonyl (C=O) groups excluding carboxylic acids is 1. The fraction of sp³-hybridized carbons (Fsp3) is 0.400. The van der Waals surface area contributed by atoms with Crippen molar-refractivity contribution < 1.29 is 9.53 Å². The molecule has 0 N–H and O–H groups in total. The third-order valence-electron chi connectivity index (χ3n) is 4.85. The van der Waals surface area contributed by atoms with Gasteiger partial charge in [0, 0.05) is 13.1 Å². The zero-order valence-electron chi connectivity index (χ0n) is 14.9. The van der Waals surface area contributed by atoms with Crippen molar-refractivity contribution in [3.8, 4) is 5.75 Å². The molecule has 0 atom stereocenters. The van der Waals surface area contributed by atoms with Gasteiger partial charge < -0.3 is 9.64 Å². The van der Waals surface area contributed by atoms with Gasteiger partial charge in [-0.3, -0.25) is 9.69 Å². The molecule has 0 radical (unpaired) electrons. The minimum atomic E-state index is -0.0208. The molecule has 0 spiro atoms. The molecule has 1 saturated carbocycles. The minimum Gasteiger partial charge on any atom is -0.488 e. The van der Waals surface area contributed by atoms with Crippen LogP contribution in [-0.2, 0) is 4.79 Å². The largest absolute Gasteiger partial charge is 0.488 e. The molecule has 1 aromatic carbocycles. The molecule has 6 heteroatoms. The maximum absolute atomic E-state index is 13.0. The van der Waals surface area contributed by atoms with Crippen LogP contribution in [0.15, 0.2) is 36.6 Å². The van der Waals surface area contributed by atoms with Gasteiger partial charge >= 0.3 is 0 Å². The van der Waals surface area contributed by atoms with Crippen molar-refractivity contribution in [2.45, 2.75) is 38.1 Å². The zero-order chi connectivity index (χ0) is 18.7. The SMILES string of the molecule is C=CCOc1ccc(C=C2C(=O)N(C3CCCCC3)C(=S)N2C)cc1Cl. The summed E-state index contributed by atoms with van der Waals surface area (Å²) in [6.45, 7) is 4.02. The molecule has 2 fully saturated rings. The highest BCUT2D eigenvalue weighted by Crippen LogP contribution is 2.32. The monoisotopic (exact) mass is 390 g/mol. The first kappa shape index (κ1) is 18.9. The molecular weight excluding hydrogens is 368 g/mol. The number of likely N-dealkylation sites (N-methyl/N-ethyl adjacent to an activating group) is 1. The van der Waals surface area contributed by atoms with Crippen LogP contribution in [0, 0.1) is 0 Å². The van der Waals surface area contributed by atoms with Gasteiger partial charge in [0.2, 0.25) is 0 Å². The van der Waals surface area contributed by atoms with E-state index in [2.05, 4.69) is 6.58 Å². The van der Waals surface area contributed by atoms with Crippen molar-refractivity contribution in [2.75, 3.05) is 13.7 Å². The van der Waals surface area contributed by atoms with Gasteiger partial charge in [-0.1, -0.05) is 49.6 Å². The number of nitrogens with zero attached hydrogens (tertiary/aromatic N) is 2. The number of benzene rings is 1. The molecule has 1 saturated heterocycles. The van der Waals surface area contributed by atoms with Gasteiger partial charge in [0.25, 0.3) is 5.91 Å². The Morgan fingerprint density at radius 1 is 1.35 bits per heavy atom. The van der Waals surface area contributed by atoms with Gasteiger partial charge in [-0.15, -0.1) is 0 Å². The molecule has 26 heavy (non-hydrogen) atoms. The van der Waals surface area contributed by atoms with Crippen molar-refractivity contribution in [2.24, 2.45) is 0 Å². The number of halogens is 1. The molecule has 1 aliphatic carbocycles. The highest BCUT2D eigenvalue weighted by atomic mass is 35.5. The lowest BCUT2D eigenvalue weighted by Gasteiger charge is -2.30. The van der Waals surface area contributed by atoms with Crippen LogP contribution in [0.5, 0.6) is 5.75 Å². The standard InChI is InChI=1S/C20H23ClN2O2S/c1-3-11-25-18-10-9-14(12-16(18)21)13-17-19(24)23(20(26)22(17)2)15-7-5-4-6-8-15/h3,9-10,12-13,15H,1,4-8,11H2,2H3. The molecule has 1 aliphatic heterocycles. The van der Waals surface area contributed by atoms with E-state index in [1.165, 1.54) is 6.42 Å². The molecule has 138 valence electrons. The van der Waals surface area contributed by atoms with E-state index in [9.17, 15) is 4.79 Å². The summed E-state index contributed by atoms with van der Waals surface area (Å²) >= 11 is 11.8. The average molecular weight is 391 g/mol. The number of amides is 1. The predicted molar refractivity (Wildman–Crippen MR) is 109 cm³/mol. The van der Waals surface area contributed by atoms with Gasteiger partial charge in [-0.2, -0.15) is 0 Å². The Labute approximate surface area is 165 Å². The fourth-order valence-electron chi connectivity index (χ4n) is 3.47. The molecule has 0 bridgehead atoms. The van der Waals surface area contributed by atoms with Crippen LogP contribution in [-0.4, -0.2) is 40.5 Å². The molecule has 1 aromatic rings. The van der Waals surface area contributed by atoms with Crippen LogP contribution in [0.4, 0.5) is 0 Å². The van der Waals surface area contributed by atoms with Crippen LogP contribution >= 0.6 is 23.8 Å². The second-order valence-corrected chi connectivity index (χ2v) is 7.40. The van der Waals surface area contributed by atoms with Crippen molar-refractivity contribution >= 4 is 40.9 Å². The molecule has 0 aromatic heterocycles. The van der Waals surface area contributed by atoms with Crippen LogP contribution < -0.4 is 4.74 Å². The molecule has 2 aliphatic rings. The number of hydrogen-bond acceptors (Lipinski definition) is 3. The van der Waals surface area contributed by atoms with Crippen LogP contribution in [0.2, 0.25) is 5.02 Å². The van der Waals surface area contributed by atoms with Crippen molar-refractivity contribution in [3.05, 3.63) is 47.1 Å². The van der Waals surface area contributed by atoms with Crippen molar-refractivity contribution in [3.63, 3.8) is 0 Å². The molecule has 0 unspecified atom stereocenters. The van der Waals surface area contributed by atoms with E-state index >= 15 is 0 Å². The van der Waals surface area contributed by atoms with E-state index in [0.29, 0.717) is 28.2 Å². The van der Waals surface area contributed by atoms with E-state index in [1.54, 1.807) is 28.0 Å². The lowest BCUT2D eigenvalue weighted by Crippen LogP contribution is -2.41. The third-order valence-corrected chi connectivity index (χ3v) is 5.61. The predicted octanol–water partition coefficient (Wildman–Crippen LogP) is 4.64. The summed E-state index contributed by atoms with van der Waals surface area (Å²) < 4.78 is 5.49. The Morgan fingerprint density at radius 2 is 2.08 bits per heavy atom. The minimum absolute atomic E-state index is 0.0208. The van der Waals surface area contributed by atoms with Gasteiger partial charge in [0.05, 0.1) is 5.02 Å². The van der Waals surface area contributed by atoms with Gasteiger partial charge in [-0.25, -0.2) is 0 Å². The van der Waals surface area contributed by atoms with E-state index in [1.807, 2.05) is 19.2 Å². The average Bonchev–Trinajstić information content (AvgIpc) is 2.85. The summed E-state index contributed by atoms with van der Waals surface area (Å²) in [4.78, 5) is 16.6. The molecule has 1 heterocycles. The van der Waals surface area contributed by atoms with Gasteiger partial charge in [0.15, 0.2) is 5.11 Å². The summed E-state index contributed by atoms with van der Waals surface area (Å²) in [7, 11) is 1.85. The summed E-state index contributed by atoms with van der Waals surface area (Å²) in [6, 6.07) is 5.69. The molecule has 3 rings (SSSR count). The fourth-order valence-corrected chi connectivity index (χ4v) is 4.04. The third kappa shape index (κ3) is 3.79. The Bertz CT molecular complexity index is 756. The Hall–Kier alpha value is -1.85. The van der Waals surface area contributed by atoms with Crippen LogP contribution in [0.1, 0.15) is 37.7 Å². The van der Waals surface area contributed by atoms with Crippen molar-refractivity contribution in [1.29, 1.82) is 0 Å². The van der Waals surface area contributed by atoms with E-state index < -0.39 is 0 Å². The quantitative estimate of drug-likeness (QED) is 0.416. The first-order valence-electron chi connectivity index (χ1n) is 8.89. The zero-order valence-corrected chi connectivity index (χ0v) is 16.5. The lowest BCUT2D eigenvalue weighted by atomic mass is 9.94. The maximum atomic E-state index is 13.0. The van der Waals surface area contributed by atoms with Crippen molar-refractivity contribution in [1.82, 2.24) is 9.80 Å². The highest BCUT2D eigenvalue weighted by molar-refractivity contribution is 7.80. The van der Waals surface area contributed by atoms with E-state index in [4.69, 9.17) is 28.6 Å². The molecule has 1 amide bonds. The Kier molecular flexibility index (Phi) is 5.99. The van der Waals surface area contributed by atoms with Crippen LogP contribution in [0.25, 0.3) is 6.08 Å². The molecular formula is C20H23ClN2O2S. The number of hydrogen-bond donors (Lipinski definition) is 0. The maximum Gasteiger partial charge on any atom is 0.277 e. The summed E-state index contributed by atoms with van der Waals surface area (Å²) in [6.07, 6.45) is 9.09. The smallest absolute Gasteiger partial charge is 0.277 e. The number of thiocarbonyl (C=S) groups is 1.